The third-order valence-electron chi connectivity index (χ3n) is 2.92. The van der Waals surface area contributed by atoms with E-state index in [9.17, 15) is 0 Å². The van der Waals surface area contributed by atoms with Gasteiger partial charge in [0, 0.05) is 24.9 Å². The number of nitrogens with one attached hydrogen (secondary N) is 2. The van der Waals surface area contributed by atoms with Crippen LogP contribution in [0.2, 0.25) is 0 Å². The van der Waals surface area contributed by atoms with Gasteiger partial charge in [-0.05, 0) is 44.1 Å². The predicted molar refractivity (Wildman–Crippen MR) is 80.8 cm³/mol. The van der Waals surface area contributed by atoms with Gasteiger partial charge in [0.15, 0.2) is 5.11 Å². The molecule has 1 fully saturated rings. The Kier molecular flexibility index (Phi) is 5.42. The highest BCUT2D eigenvalue weighted by Crippen LogP contribution is 2.17. The molecule has 0 amide bonds. The first-order valence-electron chi connectivity index (χ1n) is 6.67. The highest BCUT2D eigenvalue weighted by molar-refractivity contribution is 7.80. The van der Waals surface area contributed by atoms with Crippen molar-refractivity contribution in [3.05, 3.63) is 24.3 Å². The first kappa shape index (κ1) is 14.1. The molecule has 1 saturated heterocycles. The zero-order valence-corrected chi connectivity index (χ0v) is 12.0. The molecule has 1 atom stereocenters. The van der Waals surface area contributed by atoms with Crippen LogP contribution in [-0.2, 0) is 4.74 Å². The molecule has 104 valence electrons. The number of ether oxygens (including phenoxy) is 2. The van der Waals surface area contributed by atoms with Crippen molar-refractivity contribution in [2.24, 2.45) is 0 Å². The van der Waals surface area contributed by atoms with Crippen LogP contribution in [0.4, 0.5) is 5.69 Å². The van der Waals surface area contributed by atoms with E-state index < -0.39 is 0 Å². The van der Waals surface area contributed by atoms with Crippen LogP contribution in [0.3, 0.4) is 0 Å². The SMILES string of the molecule is CCOc1cccc(NC(=S)NC[C@H]2CCCO2)c1. The van der Waals surface area contributed by atoms with Crippen LogP contribution in [0.5, 0.6) is 5.75 Å². The molecule has 2 rings (SSSR count). The second-order valence-corrected chi connectivity index (χ2v) is 4.84. The van der Waals surface area contributed by atoms with E-state index in [4.69, 9.17) is 21.7 Å². The molecule has 1 aliphatic heterocycles. The third-order valence-corrected chi connectivity index (χ3v) is 3.16. The quantitative estimate of drug-likeness (QED) is 0.811. The van der Waals surface area contributed by atoms with Crippen molar-refractivity contribution < 1.29 is 9.47 Å². The lowest BCUT2D eigenvalue weighted by molar-refractivity contribution is 0.114. The Morgan fingerprint density at radius 1 is 1.53 bits per heavy atom. The fraction of sp³-hybridized carbons (Fsp3) is 0.500. The molecule has 0 bridgehead atoms. The Bertz CT molecular complexity index is 420. The van der Waals surface area contributed by atoms with E-state index in [2.05, 4.69) is 10.6 Å². The van der Waals surface area contributed by atoms with Crippen molar-refractivity contribution in [1.82, 2.24) is 5.32 Å². The fourth-order valence-corrected chi connectivity index (χ4v) is 2.22. The molecule has 1 aromatic rings. The van der Waals surface area contributed by atoms with Crippen molar-refractivity contribution >= 4 is 23.0 Å². The minimum atomic E-state index is 0.287. The third kappa shape index (κ3) is 4.69. The van der Waals surface area contributed by atoms with Crippen LogP contribution in [0.1, 0.15) is 19.8 Å². The molecule has 4 nitrogen and oxygen atoms in total. The number of benzene rings is 1. The van der Waals surface area contributed by atoms with Gasteiger partial charge < -0.3 is 20.1 Å². The molecule has 0 radical (unpaired) electrons. The van der Waals surface area contributed by atoms with E-state index in [1.165, 1.54) is 0 Å². The highest BCUT2D eigenvalue weighted by atomic mass is 32.1. The van der Waals surface area contributed by atoms with Gasteiger partial charge in [0.05, 0.1) is 12.7 Å². The molecule has 19 heavy (non-hydrogen) atoms. The number of hydrogen-bond acceptors (Lipinski definition) is 3. The van der Waals surface area contributed by atoms with E-state index in [1.54, 1.807) is 0 Å². The van der Waals surface area contributed by atoms with Crippen molar-refractivity contribution in [1.29, 1.82) is 0 Å². The lowest BCUT2D eigenvalue weighted by Gasteiger charge is -2.14. The van der Waals surface area contributed by atoms with Gasteiger partial charge >= 0.3 is 0 Å². The highest BCUT2D eigenvalue weighted by Gasteiger charge is 2.15. The molecule has 0 saturated carbocycles. The van der Waals surface area contributed by atoms with Gasteiger partial charge in [-0.1, -0.05) is 6.07 Å². The van der Waals surface area contributed by atoms with Gasteiger partial charge in [-0.25, -0.2) is 0 Å². The molecule has 0 aliphatic carbocycles. The monoisotopic (exact) mass is 280 g/mol. The second kappa shape index (κ2) is 7.31. The second-order valence-electron chi connectivity index (χ2n) is 4.43. The van der Waals surface area contributed by atoms with Crippen LogP contribution in [-0.4, -0.2) is 31.0 Å². The minimum absolute atomic E-state index is 0.287. The van der Waals surface area contributed by atoms with Crippen LogP contribution in [0.25, 0.3) is 0 Å². The van der Waals surface area contributed by atoms with Crippen molar-refractivity contribution in [3.8, 4) is 5.75 Å². The fourth-order valence-electron chi connectivity index (χ4n) is 2.02. The standard InChI is InChI=1S/C14H20N2O2S/c1-2-17-12-6-3-5-11(9-12)16-14(19)15-10-13-7-4-8-18-13/h3,5-6,9,13H,2,4,7-8,10H2,1H3,(H2,15,16,19)/t13-/m1/s1. The Balaban J connectivity index is 1.79. The number of thiocarbonyl (C=S) groups is 1. The normalized spacial score (nSPS) is 18.1. The summed E-state index contributed by atoms with van der Waals surface area (Å²) in [6, 6.07) is 7.76. The van der Waals surface area contributed by atoms with Gasteiger partial charge in [-0.15, -0.1) is 0 Å². The molecule has 5 heteroatoms. The zero-order chi connectivity index (χ0) is 13.5. The summed E-state index contributed by atoms with van der Waals surface area (Å²) in [4.78, 5) is 0. The van der Waals surface area contributed by atoms with Crippen LogP contribution < -0.4 is 15.4 Å². The maximum absolute atomic E-state index is 5.53. The summed E-state index contributed by atoms with van der Waals surface area (Å²) >= 11 is 5.26. The largest absolute Gasteiger partial charge is 0.494 e. The Morgan fingerprint density at radius 2 is 2.42 bits per heavy atom. The minimum Gasteiger partial charge on any atom is -0.494 e. The zero-order valence-electron chi connectivity index (χ0n) is 11.1. The molecule has 1 aliphatic rings. The van der Waals surface area contributed by atoms with Gasteiger partial charge in [-0.2, -0.15) is 0 Å². The summed E-state index contributed by atoms with van der Waals surface area (Å²) in [6.07, 6.45) is 2.53. The van der Waals surface area contributed by atoms with Crippen LogP contribution in [0, 0.1) is 0 Å². The molecule has 1 aromatic carbocycles. The number of hydrogen-bond donors (Lipinski definition) is 2. The summed E-state index contributed by atoms with van der Waals surface area (Å²) in [7, 11) is 0. The Labute approximate surface area is 119 Å². The van der Waals surface area contributed by atoms with Crippen molar-refractivity contribution in [3.63, 3.8) is 0 Å². The van der Waals surface area contributed by atoms with E-state index in [0.29, 0.717) is 11.7 Å². The lowest BCUT2D eigenvalue weighted by Crippen LogP contribution is -2.34. The Morgan fingerprint density at radius 3 is 3.16 bits per heavy atom. The maximum atomic E-state index is 5.53. The lowest BCUT2D eigenvalue weighted by atomic mass is 10.2. The van der Waals surface area contributed by atoms with E-state index >= 15 is 0 Å². The summed E-state index contributed by atoms with van der Waals surface area (Å²) in [5.74, 6) is 0.842. The summed E-state index contributed by atoms with van der Waals surface area (Å²) in [5.41, 5.74) is 0.927. The molecule has 0 aromatic heterocycles. The van der Waals surface area contributed by atoms with Gasteiger partial charge in [-0.3, -0.25) is 0 Å². The average Bonchev–Trinajstić information content (AvgIpc) is 2.90. The first-order chi connectivity index (χ1) is 9.28. The van der Waals surface area contributed by atoms with Crippen LogP contribution >= 0.6 is 12.2 Å². The molecule has 2 N–H and O–H groups in total. The maximum Gasteiger partial charge on any atom is 0.170 e. The van der Waals surface area contributed by atoms with E-state index in [-0.39, 0.29) is 6.10 Å². The molecular weight excluding hydrogens is 260 g/mol. The number of rotatable bonds is 5. The molecular formula is C14H20N2O2S. The van der Waals surface area contributed by atoms with Crippen molar-refractivity contribution in [2.45, 2.75) is 25.9 Å². The molecule has 0 unspecified atom stereocenters. The van der Waals surface area contributed by atoms with Gasteiger partial charge in [0.25, 0.3) is 0 Å². The van der Waals surface area contributed by atoms with Crippen LogP contribution in [0.15, 0.2) is 24.3 Å². The summed E-state index contributed by atoms with van der Waals surface area (Å²) in [5, 5.41) is 6.94. The number of anilines is 1. The van der Waals surface area contributed by atoms with Gasteiger partial charge in [0.1, 0.15) is 5.75 Å². The van der Waals surface area contributed by atoms with Gasteiger partial charge in [0.2, 0.25) is 0 Å². The van der Waals surface area contributed by atoms with Crippen molar-refractivity contribution in [2.75, 3.05) is 25.1 Å². The molecule has 0 spiro atoms. The summed E-state index contributed by atoms with van der Waals surface area (Å²) in [6.45, 7) is 4.25. The van der Waals surface area contributed by atoms with E-state index in [1.807, 2.05) is 31.2 Å². The molecule has 1 heterocycles. The Hall–Kier alpha value is -1.33. The average molecular weight is 280 g/mol. The first-order valence-corrected chi connectivity index (χ1v) is 7.08. The predicted octanol–water partition coefficient (Wildman–Crippen LogP) is 2.55. The topological polar surface area (TPSA) is 42.5 Å². The summed E-state index contributed by atoms with van der Waals surface area (Å²) < 4.78 is 11.0. The van der Waals surface area contributed by atoms with E-state index in [0.717, 1.165) is 37.4 Å². The smallest absolute Gasteiger partial charge is 0.170 e.